The molecule has 37 heavy (non-hydrogen) atoms. The molecule has 200 valence electrons. The number of rotatable bonds is 1. The van der Waals surface area contributed by atoms with E-state index in [-0.39, 0.29) is 27.4 Å². The molecule has 1 aromatic carbocycles. The molecule has 1 heterocycles. The molecule has 4 aliphatic carbocycles. The van der Waals surface area contributed by atoms with Gasteiger partial charge in [-0.05, 0) is 104 Å². The maximum atomic E-state index is 13.9. The number of carbonyl (C=O) groups is 2. The van der Waals surface area contributed by atoms with E-state index in [0.29, 0.717) is 18.1 Å². The van der Waals surface area contributed by atoms with Gasteiger partial charge in [-0.2, -0.15) is 0 Å². The molecule has 5 heteroatoms. The third-order valence-electron chi connectivity index (χ3n) is 12.1. The predicted molar refractivity (Wildman–Crippen MR) is 142 cm³/mol. The van der Waals surface area contributed by atoms with Gasteiger partial charge < -0.3 is 14.6 Å². The van der Waals surface area contributed by atoms with E-state index in [0.717, 1.165) is 61.0 Å². The number of fused-ring (bicyclic) bond motifs is 8. The summed E-state index contributed by atoms with van der Waals surface area (Å²) in [6.07, 6.45) is 8.43. The first-order valence-electron chi connectivity index (χ1n) is 14.1. The maximum absolute atomic E-state index is 13.9. The minimum absolute atomic E-state index is 0.0638. The van der Waals surface area contributed by atoms with E-state index in [4.69, 9.17) is 9.47 Å². The van der Waals surface area contributed by atoms with Gasteiger partial charge in [0.25, 0.3) is 0 Å². The lowest BCUT2D eigenvalue weighted by Gasteiger charge is -2.69. The van der Waals surface area contributed by atoms with Crippen LogP contribution in [0.1, 0.15) is 115 Å². The third kappa shape index (κ3) is 2.97. The molecule has 0 amide bonds. The lowest BCUT2D eigenvalue weighted by atomic mass is 9.34. The Morgan fingerprint density at radius 3 is 2.30 bits per heavy atom. The highest BCUT2D eigenvalue weighted by Crippen LogP contribution is 2.74. The fourth-order valence-electron chi connectivity index (χ4n) is 9.43. The van der Waals surface area contributed by atoms with E-state index in [1.807, 2.05) is 33.8 Å². The molecule has 3 saturated carbocycles. The van der Waals surface area contributed by atoms with Crippen LogP contribution in [-0.4, -0.2) is 22.6 Å². The number of carboxylic acid groups (broad SMARTS) is 1. The van der Waals surface area contributed by atoms with Gasteiger partial charge in [-0.25, -0.2) is 0 Å². The molecule has 0 spiro atoms. The van der Waals surface area contributed by atoms with Gasteiger partial charge in [0.2, 0.25) is 5.79 Å². The summed E-state index contributed by atoms with van der Waals surface area (Å²) in [5.41, 5.74) is 2.89. The van der Waals surface area contributed by atoms with Gasteiger partial charge in [-0.1, -0.05) is 27.7 Å². The molecule has 0 unspecified atom stereocenters. The van der Waals surface area contributed by atoms with Crippen molar-refractivity contribution in [3.63, 3.8) is 0 Å². The first-order valence-corrected chi connectivity index (χ1v) is 14.1. The van der Waals surface area contributed by atoms with E-state index in [1.54, 1.807) is 0 Å². The van der Waals surface area contributed by atoms with Crippen molar-refractivity contribution >= 4 is 11.8 Å². The van der Waals surface area contributed by atoms with E-state index < -0.39 is 17.2 Å². The van der Waals surface area contributed by atoms with Crippen LogP contribution in [-0.2, 0) is 10.2 Å². The van der Waals surface area contributed by atoms with Crippen molar-refractivity contribution in [1.82, 2.24) is 0 Å². The van der Waals surface area contributed by atoms with Crippen LogP contribution >= 0.6 is 0 Å². The second-order valence-electron chi connectivity index (χ2n) is 14.6. The van der Waals surface area contributed by atoms with Crippen LogP contribution in [0.25, 0.3) is 0 Å². The average Bonchev–Trinajstić information content (AvgIpc) is 3.13. The highest BCUT2D eigenvalue weighted by atomic mass is 16.7. The van der Waals surface area contributed by atoms with Crippen LogP contribution in [0.2, 0.25) is 0 Å². The minimum Gasteiger partial charge on any atom is -0.481 e. The summed E-state index contributed by atoms with van der Waals surface area (Å²) < 4.78 is 12.3. The van der Waals surface area contributed by atoms with Gasteiger partial charge in [-0.3, -0.25) is 9.59 Å². The largest absolute Gasteiger partial charge is 0.481 e. The normalized spacial score (nSPS) is 43.2. The molecular weight excluding hydrogens is 464 g/mol. The molecule has 5 nitrogen and oxygen atoms in total. The summed E-state index contributed by atoms with van der Waals surface area (Å²) in [7, 11) is 0. The van der Waals surface area contributed by atoms with Gasteiger partial charge in [-0.15, -0.1) is 0 Å². The van der Waals surface area contributed by atoms with Gasteiger partial charge in [0.1, 0.15) is 0 Å². The van der Waals surface area contributed by atoms with Crippen molar-refractivity contribution < 1.29 is 24.2 Å². The zero-order chi connectivity index (χ0) is 27.0. The maximum Gasteiger partial charge on any atom is 0.309 e. The zero-order valence-corrected chi connectivity index (χ0v) is 23.8. The van der Waals surface area contributed by atoms with Crippen molar-refractivity contribution in [3.05, 3.63) is 34.4 Å². The highest BCUT2D eigenvalue weighted by Gasteiger charge is 2.67. The van der Waals surface area contributed by atoms with Crippen molar-refractivity contribution in [2.45, 2.75) is 112 Å². The molecular formula is C32H42O5. The fraction of sp³-hybridized carbons (Fsp3) is 0.688. The molecule has 0 bridgehead atoms. The molecule has 5 aliphatic rings. The van der Waals surface area contributed by atoms with Crippen molar-refractivity contribution in [2.24, 2.45) is 27.6 Å². The molecule has 0 saturated heterocycles. The summed E-state index contributed by atoms with van der Waals surface area (Å²) in [6.45, 7) is 17.2. The molecule has 1 aromatic rings. The van der Waals surface area contributed by atoms with Crippen molar-refractivity contribution in [3.8, 4) is 11.5 Å². The molecule has 0 radical (unpaired) electrons. The number of hydrogen-bond donors (Lipinski definition) is 1. The smallest absolute Gasteiger partial charge is 0.309 e. The number of ether oxygens (including phenoxy) is 2. The lowest BCUT2D eigenvalue weighted by Crippen LogP contribution is -2.62. The standard InChI is InChI=1S/C32H42O5/c1-18-24-19(15-21-25(18)37-27(2,3)36-21)30(6)12-14-32(8)23-17-29(5,26(34)35)10-9-28(23,4)11-13-31(32,7)22(30)16-20(24)33/h15-16,23H,9-14,17H2,1-8H3,(H,34,35)/t23-,28-,29-,30+,31-,32+/m1/s1. The molecule has 1 aliphatic heterocycles. The average molecular weight is 507 g/mol. The number of carboxylic acids is 1. The number of carbonyl (C=O) groups excluding carboxylic acids is 1. The quantitative estimate of drug-likeness (QED) is 0.430. The summed E-state index contributed by atoms with van der Waals surface area (Å²) in [6, 6.07) is 2.08. The van der Waals surface area contributed by atoms with Crippen LogP contribution < -0.4 is 9.47 Å². The Hall–Kier alpha value is -2.30. The summed E-state index contributed by atoms with van der Waals surface area (Å²) in [5, 5.41) is 10.1. The number of aliphatic carboxylic acids is 1. The Labute approximate surface area is 221 Å². The summed E-state index contributed by atoms with van der Waals surface area (Å²) >= 11 is 0. The Kier molecular flexibility index (Phi) is 4.74. The van der Waals surface area contributed by atoms with Crippen molar-refractivity contribution in [2.75, 3.05) is 0 Å². The molecule has 3 fully saturated rings. The topological polar surface area (TPSA) is 72.8 Å². The monoisotopic (exact) mass is 506 g/mol. The Morgan fingerprint density at radius 1 is 0.946 bits per heavy atom. The van der Waals surface area contributed by atoms with Crippen LogP contribution in [0, 0.1) is 34.5 Å². The SMILES string of the molecule is Cc1c2c(cc3c1C(=O)C=C1[C@@]3(C)CC[C@@]3(C)[C@@H]4C[C@](C)(C(=O)O)CC[C@]4(C)CC[C@]13C)OC(C)(C)O2. The van der Waals surface area contributed by atoms with Crippen LogP contribution in [0.15, 0.2) is 17.7 Å². The summed E-state index contributed by atoms with van der Waals surface area (Å²) in [5.74, 6) is 0.369. The second-order valence-corrected chi connectivity index (χ2v) is 14.6. The predicted octanol–water partition coefficient (Wildman–Crippen LogP) is 7.38. The molecule has 6 atom stereocenters. The van der Waals surface area contributed by atoms with Crippen LogP contribution in [0.3, 0.4) is 0 Å². The van der Waals surface area contributed by atoms with Crippen LogP contribution in [0.4, 0.5) is 0 Å². The van der Waals surface area contributed by atoms with Crippen molar-refractivity contribution in [1.29, 1.82) is 0 Å². The minimum atomic E-state index is -0.750. The second kappa shape index (κ2) is 7.01. The summed E-state index contributed by atoms with van der Waals surface area (Å²) in [4.78, 5) is 26.2. The first-order chi connectivity index (χ1) is 17.0. The lowest BCUT2D eigenvalue weighted by molar-refractivity contribution is -0.177. The number of hydrogen-bond acceptors (Lipinski definition) is 4. The third-order valence-corrected chi connectivity index (χ3v) is 12.1. The van der Waals surface area contributed by atoms with E-state index in [1.165, 1.54) is 5.57 Å². The van der Waals surface area contributed by atoms with E-state index in [2.05, 4.69) is 33.8 Å². The fourth-order valence-corrected chi connectivity index (χ4v) is 9.43. The molecule has 1 N–H and O–H groups in total. The number of ketones is 1. The zero-order valence-electron chi connectivity index (χ0n) is 23.8. The van der Waals surface area contributed by atoms with E-state index in [9.17, 15) is 14.7 Å². The van der Waals surface area contributed by atoms with Gasteiger partial charge in [0, 0.05) is 30.4 Å². The van der Waals surface area contributed by atoms with Gasteiger partial charge >= 0.3 is 5.97 Å². The van der Waals surface area contributed by atoms with Gasteiger partial charge in [0.05, 0.1) is 5.41 Å². The van der Waals surface area contributed by atoms with Gasteiger partial charge in [0.15, 0.2) is 17.3 Å². The molecule has 6 rings (SSSR count). The Morgan fingerprint density at radius 2 is 1.62 bits per heavy atom. The first kappa shape index (κ1) is 25.0. The van der Waals surface area contributed by atoms with E-state index >= 15 is 0 Å². The Balaban J connectivity index is 1.49. The Bertz CT molecular complexity index is 1290. The number of benzene rings is 1. The molecule has 0 aromatic heterocycles. The van der Waals surface area contributed by atoms with Crippen LogP contribution in [0.5, 0.6) is 11.5 Å². The highest BCUT2D eigenvalue weighted by molar-refractivity contribution is 6.10. The number of allylic oxidation sites excluding steroid dienone is 2.